The maximum Gasteiger partial charge on any atom is 0.272 e. The Balaban J connectivity index is 1.77. The summed E-state index contributed by atoms with van der Waals surface area (Å²) in [6.07, 6.45) is 0. The lowest BCUT2D eigenvalue weighted by atomic mass is 10.1. The van der Waals surface area contributed by atoms with E-state index in [1.807, 2.05) is 22.9 Å². The van der Waals surface area contributed by atoms with Crippen LogP contribution in [-0.2, 0) is 0 Å². The molecule has 0 aliphatic carbocycles. The molecule has 1 amide bonds. The minimum Gasteiger partial charge on any atom is -0.298 e. The molecule has 2 heterocycles. The van der Waals surface area contributed by atoms with Crippen LogP contribution in [0.4, 0.5) is 10.8 Å². The van der Waals surface area contributed by atoms with Crippen LogP contribution in [-0.4, -0.2) is 15.8 Å². The molecule has 0 unspecified atom stereocenters. The SMILES string of the molecule is Cc1cc(C(=O)Nc2nc(-c3cccs3)cs2)ccc1[N+](=O)[O-]. The highest BCUT2D eigenvalue weighted by molar-refractivity contribution is 7.16. The number of aryl methyl sites for hydroxylation is 1. The summed E-state index contributed by atoms with van der Waals surface area (Å²) < 4.78 is 0. The molecule has 8 heteroatoms. The Kier molecular flexibility index (Phi) is 4.18. The Labute approximate surface area is 139 Å². The number of carbonyl (C=O) groups excluding carboxylic acids is 1. The number of nitrogens with zero attached hydrogens (tertiary/aromatic N) is 2. The summed E-state index contributed by atoms with van der Waals surface area (Å²) >= 11 is 2.92. The minimum absolute atomic E-state index is 0.00391. The topological polar surface area (TPSA) is 85.1 Å². The lowest BCUT2D eigenvalue weighted by molar-refractivity contribution is -0.385. The number of nitrogens with one attached hydrogen (secondary N) is 1. The van der Waals surface area contributed by atoms with E-state index in [9.17, 15) is 14.9 Å². The summed E-state index contributed by atoms with van der Waals surface area (Å²) in [5, 5.41) is 17.9. The minimum atomic E-state index is -0.467. The predicted molar refractivity (Wildman–Crippen MR) is 91.2 cm³/mol. The number of rotatable bonds is 4. The fourth-order valence-electron chi connectivity index (χ4n) is 2.04. The lowest BCUT2D eigenvalue weighted by Crippen LogP contribution is -2.12. The van der Waals surface area contributed by atoms with E-state index in [0.717, 1.165) is 10.6 Å². The van der Waals surface area contributed by atoms with E-state index < -0.39 is 4.92 Å². The summed E-state index contributed by atoms with van der Waals surface area (Å²) in [5.74, 6) is -0.338. The van der Waals surface area contributed by atoms with Crippen molar-refractivity contribution in [2.24, 2.45) is 0 Å². The first kappa shape index (κ1) is 15.3. The molecule has 3 rings (SSSR count). The number of nitro groups is 1. The monoisotopic (exact) mass is 345 g/mol. The third-order valence-corrected chi connectivity index (χ3v) is 4.80. The number of anilines is 1. The van der Waals surface area contributed by atoms with Crippen molar-refractivity contribution >= 4 is 39.4 Å². The van der Waals surface area contributed by atoms with Crippen molar-refractivity contribution in [2.45, 2.75) is 6.92 Å². The number of carbonyl (C=O) groups is 1. The first-order chi connectivity index (χ1) is 11.0. The molecule has 0 saturated heterocycles. The van der Waals surface area contributed by atoms with Crippen LogP contribution < -0.4 is 5.32 Å². The van der Waals surface area contributed by atoms with E-state index >= 15 is 0 Å². The standard InChI is InChI=1S/C15H11N3O3S2/c1-9-7-10(4-5-12(9)18(20)21)14(19)17-15-16-11(8-23-15)13-3-2-6-22-13/h2-8H,1H3,(H,16,17,19). The Bertz CT molecular complexity index is 872. The highest BCUT2D eigenvalue weighted by atomic mass is 32.1. The van der Waals surface area contributed by atoms with Crippen molar-refractivity contribution in [1.82, 2.24) is 4.98 Å². The average molecular weight is 345 g/mol. The molecule has 2 aromatic heterocycles. The van der Waals surface area contributed by atoms with Crippen LogP contribution in [0.15, 0.2) is 41.1 Å². The smallest absolute Gasteiger partial charge is 0.272 e. The van der Waals surface area contributed by atoms with Gasteiger partial charge in [-0.3, -0.25) is 20.2 Å². The number of thiophene rings is 1. The molecule has 0 aliphatic heterocycles. The molecular weight excluding hydrogens is 334 g/mol. The number of nitro benzene ring substituents is 1. The maximum atomic E-state index is 12.2. The summed E-state index contributed by atoms with van der Waals surface area (Å²) in [5.41, 5.74) is 1.62. The Morgan fingerprint density at radius 2 is 2.13 bits per heavy atom. The summed E-state index contributed by atoms with van der Waals surface area (Å²) in [4.78, 5) is 28.0. The third-order valence-electron chi connectivity index (χ3n) is 3.15. The van der Waals surface area contributed by atoms with Crippen LogP contribution in [0.5, 0.6) is 0 Å². The van der Waals surface area contributed by atoms with Crippen molar-refractivity contribution in [2.75, 3.05) is 5.32 Å². The van der Waals surface area contributed by atoms with Crippen molar-refractivity contribution < 1.29 is 9.72 Å². The maximum absolute atomic E-state index is 12.2. The zero-order valence-electron chi connectivity index (χ0n) is 12.0. The van der Waals surface area contributed by atoms with Gasteiger partial charge in [-0.15, -0.1) is 22.7 Å². The Hall–Kier alpha value is -2.58. The molecule has 0 spiro atoms. The molecule has 6 nitrogen and oxygen atoms in total. The number of aromatic nitrogens is 1. The lowest BCUT2D eigenvalue weighted by Gasteiger charge is -2.03. The molecule has 1 aromatic carbocycles. The fraction of sp³-hybridized carbons (Fsp3) is 0.0667. The van der Waals surface area contributed by atoms with E-state index in [0.29, 0.717) is 16.3 Å². The van der Waals surface area contributed by atoms with Crippen LogP contribution in [0.3, 0.4) is 0 Å². The molecule has 0 radical (unpaired) electrons. The van der Waals surface area contributed by atoms with Crippen molar-refractivity contribution in [3.63, 3.8) is 0 Å². The van der Waals surface area contributed by atoms with Gasteiger partial charge in [-0.1, -0.05) is 6.07 Å². The van der Waals surface area contributed by atoms with Gasteiger partial charge in [0.25, 0.3) is 11.6 Å². The van der Waals surface area contributed by atoms with E-state index in [1.54, 1.807) is 18.3 Å². The van der Waals surface area contributed by atoms with Crippen LogP contribution in [0.1, 0.15) is 15.9 Å². The van der Waals surface area contributed by atoms with Gasteiger partial charge in [-0.2, -0.15) is 0 Å². The van der Waals surface area contributed by atoms with Crippen LogP contribution in [0, 0.1) is 17.0 Å². The third kappa shape index (κ3) is 3.27. The zero-order valence-corrected chi connectivity index (χ0v) is 13.6. The molecule has 0 aliphatic rings. The number of benzene rings is 1. The quantitative estimate of drug-likeness (QED) is 0.563. The highest BCUT2D eigenvalue weighted by Gasteiger charge is 2.15. The molecule has 116 valence electrons. The van der Waals surface area contributed by atoms with E-state index in [2.05, 4.69) is 10.3 Å². The molecule has 23 heavy (non-hydrogen) atoms. The summed E-state index contributed by atoms with van der Waals surface area (Å²) in [6.45, 7) is 1.60. The number of hydrogen-bond donors (Lipinski definition) is 1. The predicted octanol–water partition coefficient (Wildman–Crippen LogP) is 4.34. The second kappa shape index (κ2) is 6.27. The molecular formula is C15H11N3O3S2. The number of amides is 1. The van der Waals surface area contributed by atoms with E-state index in [1.165, 1.54) is 29.5 Å². The second-order valence-electron chi connectivity index (χ2n) is 4.73. The van der Waals surface area contributed by atoms with Gasteiger partial charge in [-0.25, -0.2) is 4.98 Å². The van der Waals surface area contributed by atoms with Crippen molar-refractivity contribution in [3.05, 3.63) is 62.3 Å². The van der Waals surface area contributed by atoms with Crippen molar-refractivity contribution in [3.8, 4) is 10.6 Å². The highest BCUT2D eigenvalue weighted by Crippen LogP contribution is 2.28. The molecule has 0 atom stereocenters. The van der Waals surface area contributed by atoms with Crippen molar-refractivity contribution in [1.29, 1.82) is 0 Å². The first-order valence-corrected chi connectivity index (χ1v) is 8.36. The fourth-order valence-corrected chi connectivity index (χ4v) is 3.51. The number of hydrogen-bond acceptors (Lipinski definition) is 6. The van der Waals surface area contributed by atoms with Crippen LogP contribution >= 0.6 is 22.7 Å². The molecule has 0 bridgehead atoms. The Morgan fingerprint density at radius 1 is 1.30 bits per heavy atom. The van der Waals surface area contributed by atoms with Gasteiger partial charge in [0.05, 0.1) is 15.5 Å². The van der Waals surface area contributed by atoms with E-state index in [4.69, 9.17) is 0 Å². The molecule has 0 saturated carbocycles. The molecule has 1 N–H and O–H groups in total. The van der Waals surface area contributed by atoms with Gasteiger partial charge in [-0.05, 0) is 30.5 Å². The Morgan fingerprint density at radius 3 is 2.78 bits per heavy atom. The van der Waals surface area contributed by atoms with Gasteiger partial charge >= 0.3 is 0 Å². The first-order valence-electron chi connectivity index (χ1n) is 6.60. The molecule has 0 fully saturated rings. The van der Waals surface area contributed by atoms with Gasteiger partial charge in [0.2, 0.25) is 0 Å². The van der Waals surface area contributed by atoms with Gasteiger partial charge in [0, 0.05) is 22.6 Å². The summed E-state index contributed by atoms with van der Waals surface area (Å²) in [6, 6.07) is 8.18. The van der Waals surface area contributed by atoms with Gasteiger partial charge in [0.1, 0.15) is 0 Å². The zero-order chi connectivity index (χ0) is 16.4. The average Bonchev–Trinajstić information content (AvgIpc) is 3.17. The van der Waals surface area contributed by atoms with Crippen LogP contribution in [0.25, 0.3) is 10.6 Å². The molecule has 3 aromatic rings. The van der Waals surface area contributed by atoms with Crippen LogP contribution in [0.2, 0.25) is 0 Å². The van der Waals surface area contributed by atoms with Gasteiger partial charge in [0.15, 0.2) is 5.13 Å². The van der Waals surface area contributed by atoms with Gasteiger partial charge < -0.3 is 0 Å². The normalized spacial score (nSPS) is 10.5. The van der Waals surface area contributed by atoms with E-state index in [-0.39, 0.29) is 11.6 Å². The summed E-state index contributed by atoms with van der Waals surface area (Å²) in [7, 11) is 0. The largest absolute Gasteiger partial charge is 0.298 e. The number of thiazole rings is 1. The second-order valence-corrected chi connectivity index (χ2v) is 6.53.